The van der Waals surface area contributed by atoms with Gasteiger partial charge in [0.05, 0.1) is 5.41 Å². The molecule has 0 bridgehead atoms. The van der Waals surface area contributed by atoms with Crippen molar-refractivity contribution in [1.82, 2.24) is 0 Å². The Morgan fingerprint density at radius 2 is 1.45 bits per heavy atom. The minimum Gasteiger partial charge on any atom is -0.460 e. The molecule has 0 fully saturated rings. The van der Waals surface area contributed by atoms with Crippen molar-refractivity contribution in [2.24, 2.45) is 10.8 Å². The Morgan fingerprint density at radius 1 is 1.00 bits per heavy atom. The molecule has 0 aliphatic rings. The molecule has 114 valence electrons. The lowest BCUT2D eigenvalue weighted by molar-refractivity contribution is -0.161. The van der Waals surface area contributed by atoms with Crippen LogP contribution in [-0.4, -0.2) is 5.97 Å². The van der Waals surface area contributed by atoms with E-state index in [9.17, 15) is 4.79 Å². The first-order valence-electron chi connectivity index (χ1n) is 7.38. The molecule has 0 saturated heterocycles. The van der Waals surface area contributed by atoms with Crippen molar-refractivity contribution in [2.45, 2.75) is 61.5 Å². The fourth-order valence-corrected chi connectivity index (χ4v) is 1.21. The Bertz CT molecular complexity index is 386. The quantitative estimate of drug-likeness (QED) is 0.709. The van der Waals surface area contributed by atoms with Gasteiger partial charge in [-0.3, -0.25) is 4.79 Å². The average Bonchev–Trinajstić information content (AvgIpc) is 2.36. The molecule has 1 aromatic rings. The van der Waals surface area contributed by atoms with E-state index in [1.165, 1.54) is 6.42 Å². The number of carbonyl (C=O) groups is 1. The van der Waals surface area contributed by atoms with Gasteiger partial charge < -0.3 is 4.74 Å². The summed E-state index contributed by atoms with van der Waals surface area (Å²) < 4.78 is 5.38. The predicted octanol–water partition coefficient (Wildman–Crippen LogP) is 5.22. The van der Waals surface area contributed by atoms with Crippen molar-refractivity contribution in [1.29, 1.82) is 0 Å². The molecule has 0 aliphatic carbocycles. The van der Waals surface area contributed by atoms with Gasteiger partial charge in [-0.15, -0.1) is 0 Å². The third kappa shape index (κ3) is 5.77. The number of carbonyl (C=O) groups excluding carboxylic acids is 1. The van der Waals surface area contributed by atoms with Gasteiger partial charge in [-0.25, -0.2) is 0 Å². The summed E-state index contributed by atoms with van der Waals surface area (Å²) in [5.74, 6) is -0.145. The van der Waals surface area contributed by atoms with Crippen LogP contribution in [0.2, 0.25) is 0 Å². The molecular weight excluding hydrogens is 248 g/mol. The highest BCUT2D eigenvalue weighted by Crippen LogP contribution is 2.38. The van der Waals surface area contributed by atoms with E-state index < -0.39 is 5.41 Å². The topological polar surface area (TPSA) is 26.3 Å². The van der Waals surface area contributed by atoms with Crippen molar-refractivity contribution >= 4 is 5.97 Å². The molecule has 0 spiro atoms. The van der Waals surface area contributed by atoms with Crippen LogP contribution in [0.4, 0.5) is 0 Å². The second-order valence-corrected chi connectivity index (χ2v) is 6.64. The molecule has 2 nitrogen and oxygen atoms in total. The third-order valence-corrected chi connectivity index (χ3v) is 3.60. The van der Waals surface area contributed by atoms with Crippen LogP contribution in [0.3, 0.4) is 0 Å². The molecule has 0 atom stereocenters. The summed E-state index contributed by atoms with van der Waals surface area (Å²) in [6.07, 6.45) is 1.25. The lowest BCUT2D eigenvalue weighted by Crippen LogP contribution is -2.38. The Hall–Kier alpha value is -1.31. The van der Waals surface area contributed by atoms with Crippen LogP contribution in [0, 0.1) is 10.8 Å². The number of benzene rings is 1. The van der Waals surface area contributed by atoms with Gasteiger partial charge in [0.25, 0.3) is 0 Å². The van der Waals surface area contributed by atoms with Gasteiger partial charge in [0.15, 0.2) is 0 Å². The van der Waals surface area contributed by atoms with Gasteiger partial charge in [0.2, 0.25) is 0 Å². The molecule has 0 saturated carbocycles. The van der Waals surface area contributed by atoms with Crippen LogP contribution in [0.1, 0.15) is 60.5 Å². The van der Waals surface area contributed by atoms with Crippen LogP contribution in [-0.2, 0) is 16.1 Å². The summed E-state index contributed by atoms with van der Waals surface area (Å²) in [7, 11) is 0. The van der Waals surface area contributed by atoms with Crippen molar-refractivity contribution in [3.8, 4) is 0 Å². The van der Waals surface area contributed by atoms with Gasteiger partial charge in [-0.05, 0) is 24.8 Å². The molecule has 1 aromatic carbocycles. The fraction of sp³-hybridized carbons (Fsp3) is 0.611. The molecule has 0 radical (unpaired) electrons. The Labute approximate surface area is 124 Å². The first-order chi connectivity index (χ1) is 9.16. The Kier molecular flexibility index (Phi) is 7.55. The molecule has 0 heterocycles. The highest BCUT2D eigenvalue weighted by atomic mass is 16.5. The number of hydrogen-bond donors (Lipinski definition) is 0. The second kappa shape index (κ2) is 8.08. The number of hydrogen-bond acceptors (Lipinski definition) is 2. The Balaban J connectivity index is 0.00000110. The van der Waals surface area contributed by atoms with E-state index in [0.29, 0.717) is 6.61 Å². The summed E-state index contributed by atoms with van der Waals surface area (Å²) >= 11 is 0. The number of esters is 1. The van der Waals surface area contributed by atoms with E-state index in [-0.39, 0.29) is 11.4 Å². The minimum absolute atomic E-state index is 0.110. The van der Waals surface area contributed by atoms with E-state index in [1.807, 2.05) is 44.2 Å². The SMILES string of the molecule is CC(C)(C)C(C)(C)C(=O)OCc1ccccc1.CCC. The van der Waals surface area contributed by atoms with Gasteiger partial charge in [-0.1, -0.05) is 71.4 Å². The fourth-order valence-electron chi connectivity index (χ4n) is 1.21. The molecule has 20 heavy (non-hydrogen) atoms. The van der Waals surface area contributed by atoms with Crippen LogP contribution >= 0.6 is 0 Å². The first kappa shape index (κ1) is 18.7. The number of ether oxygens (including phenoxy) is 1. The Morgan fingerprint density at radius 3 is 1.85 bits per heavy atom. The highest BCUT2D eigenvalue weighted by Gasteiger charge is 2.41. The monoisotopic (exact) mass is 278 g/mol. The summed E-state index contributed by atoms with van der Waals surface area (Å²) in [6.45, 7) is 14.6. The lowest BCUT2D eigenvalue weighted by atomic mass is 9.69. The molecule has 0 N–H and O–H groups in total. The normalized spacial score (nSPS) is 11.3. The van der Waals surface area contributed by atoms with Gasteiger partial charge >= 0.3 is 5.97 Å². The zero-order valence-corrected chi connectivity index (χ0v) is 14.1. The van der Waals surface area contributed by atoms with Gasteiger partial charge in [0, 0.05) is 0 Å². The van der Waals surface area contributed by atoms with Crippen molar-refractivity contribution in [3.63, 3.8) is 0 Å². The van der Waals surface area contributed by atoms with Crippen molar-refractivity contribution in [2.75, 3.05) is 0 Å². The van der Waals surface area contributed by atoms with Crippen LogP contribution in [0.5, 0.6) is 0 Å². The standard InChI is InChI=1S/C15H22O2.C3H8/c1-14(2,3)15(4,5)13(16)17-11-12-9-7-6-8-10-12;1-3-2/h6-10H,11H2,1-5H3;3H2,1-2H3. The third-order valence-electron chi connectivity index (χ3n) is 3.60. The molecule has 0 aliphatic heterocycles. The van der Waals surface area contributed by atoms with Crippen molar-refractivity contribution < 1.29 is 9.53 Å². The van der Waals surface area contributed by atoms with E-state index in [2.05, 4.69) is 34.6 Å². The maximum absolute atomic E-state index is 12.1. The summed E-state index contributed by atoms with van der Waals surface area (Å²) in [6, 6.07) is 9.75. The molecule has 0 aromatic heterocycles. The largest absolute Gasteiger partial charge is 0.460 e. The molecule has 0 unspecified atom stereocenters. The summed E-state index contributed by atoms with van der Waals surface area (Å²) in [4.78, 5) is 12.1. The smallest absolute Gasteiger partial charge is 0.312 e. The van der Waals surface area contributed by atoms with Gasteiger partial charge in [-0.2, -0.15) is 0 Å². The van der Waals surface area contributed by atoms with Crippen LogP contribution < -0.4 is 0 Å². The predicted molar refractivity (Wildman–Crippen MR) is 85.4 cm³/mol. The molecule has 1 rings (SSSR count). The second-order valence-electron chi connectivity index (χ2n) is 6.64. The van der Waals surface area contributed by atoms with Gasteiger partial charge in [0.1, 0.15) is 6.61 Å². The summed E-state index contributed by atoms with van der Waals surface area (Å²) in [5, 5.41) is 0. The lowest BCUT2D eigenvalue weighted by Gasteiger charge is -2.36. The molecule has 0 amide bonds. The zero-order valence-electron chi connectivity index (χ0n) is 14.1. The molecular formula is C18H30O2. The first-order valence-corrected chi connectivity index (χ1v) is 7.38. The average molecular weight is 278 g/mol. The zero-order chi connectivity index (χ0) is 15.8. The number of rotatable bonds is 3. The molecule has 2 heteroatoms. The van der Waals surface area contributed by atoms with Crippen LogP contribution in [0.15, 0.2) is 30.3 Å². The van der Waals surface area contributed by atoms with E-state index in [0.717, 1.165) is 5.56 Å². The minimum atomic E-state index is -0.484. The highest BCUT2D eigenvalue weighted by molar-refractivity contribution is 5.76. The van der Waals surface area contributed by atoms with E-state index in [1.54, 1.807) is 0 Å². The maximum atomic E-state index is 12.1. The van der Waals surface area contributed by atoms with E-state index >= 15 is 0 Å². The maximum Gasteiger partial charge on any atom is 0.312 e. The van der Waals surface area contributed by atoms with Crippen LogP contribution in [0.25, 0.3) is 0 Å². The van der Waals surface area contributed by atoms with E-state index in [4.69, 9.17) is 4.74 Å². The van der Waals surface area contributed by atoms with Crippen molar-refractivity contribution in [3.05, 3.63) is 35.9 Å². The summed E-state index contributed by atoms with van der Waals surface area (Å²) in [5.41, 5.74) is 0.424.